The molecule has 4 unspecified atom stereocenters. The Balaban J connectivity index is 1.71. The molecule has 110 valence electrons. The Morgan fingerprint density at radius 1 is 1.20 bits per heavy atom. The van der Waals surface area contributed by atoms with Gasteiger partial charge in [-0.1, -0.05) is 28.4 Å². The van der Waals surface area contributed by atoms with E-state index in [9.17, 15) is 0 Å². The van der Waals surface area contributed by atoms with Crippen molar-refractivity contribution in [2.45, 2.75) is 36.9 Å². The third kappa shape index (κ3) is 2.69. The van der Waals surface area contributed by atoms with Gasteiger partial charge in [0, 0.05) is 16.5 Å². The zero-order chi connectivity index (χ0) is 14.1. The molecule has 0 aromatic heterocycles. The molecule has 1 aromatic rings. The standard InChI is InChI=1S/C17H23BrO2/c1-19-14-5-6-15(17(10-14)20-2)16(18)9-13-8-11-3-4-12(13)7-11/h5-6,10-13,16H,3-4,7-9H2,1-2H3. The lowest BCUT2D eigenvalue weighted by molar-refractivity contribution is 0.312. The molecule has 2 fully saturated rings. The number of fused-ring (bicyclic) bond motifs is 2. The molecule has 0 N–H and O–H groups in total. The number of ether oxygens (including phenoxy) is 2. The van der Waals surface area contributed by atoms with E-state index >= 15 is 0 Å². The molecule has 0 saturated heterocycles. The fourth-order valence-corrected chi connectivity index (χ4v) is 4.99. The van der Waals surface area contributed by atoms with Crippen LogP contribution in [-0.2, 0) is 0 Å². The smallest absolute Gasteiger partial charge is 0.126 e. The van der Waals surface area contributed by atoms with Gasteiger partial charge in [0.05, 0.1) is 14.2 Å². The number of hydrogen-bond donors (Lipinski definition) is 0. The Bertz CT molecular complexity index is 474. The average molecular weight is 339 g/mol. The third-order valence-electron chi connectivity index (χ3n) is 5.17. The average Bonchev–Trinajstić information content (AvgIpc) is 3.09. The Morgan fingerprint density at radius 2 is 2.05 bits per heavy atom. The molecule has 2 aliphatic carbocycles. The Labute approximate surface area is 130 Å². The van der Waals surface area contributed by atoms with E-state index in [-0.39, 0.29) is 0 Å². The van der Waals surface area contributed by atoms with Crippen molar-refractivity contribution >= 4 is 15.9 Å². The van der Waals surface area contributed by atoms with Gasteiger partial charge in [-0.2, -0.15) is 0 Å². The van der Waals surface area contributed by atoms with Gasteiger partial charge >= 0.3 is 0 Å². The normalized spacial score (nSPS) is 29.4. The topological polar surface area (TPSA) is 18.5 Å². The summed E-state index contributed by atoms with van der Waals surface area (Å²) in [6.45, 7) is 0. The van der Waals surface area contributed by atoms with E-state index < -0.39 is 0 Å². The minimum Gasteiger partial charge on any atom is -0.497 e. The summed E-state index contributed by atoms with van der Waals surface area (Å²) >= 11 is 3.88. The number of benzene rings is 1. The van der Waals surface area contributed by atoms with Gasteiger partial charge in [0.2, 0.25) is 0 Å². The van der Waals surface area contributed by atoms with Gasteiger partial charge in [-0.05, 0) is 49.5 Å². The van der Waals surface area contributed by atoms with Gasteiger partial charge in [-0.15, -0.1) is 0 Å². The van der Waals surface area contributed by atoms with E-state index in [2.05, 4.69) is 22.0 Å². The molecule has 2 nitrogen and oxygen atoms in total. The molecule has 1 aromatic carbocycles. The molecule has 3 rings (SSSR count). The SMILES string of the molecule is COc1ccc(C(Br)CC2CC3CCC2C3)c(OC)c1. The van der Waals surface area contributed by atoms with Crippen molar-refractivity contribution < 1.29 is 9.47 Å². The highest BCUT2D eigenvalue weighted by Gasteiger charge is 2.40. The van der Waals surface area contributed by atoms with Crippen molar-refractivity contribution in [1.82, 2.24) is 0 Å². The minimum atomic E-state index is 0.382. The van der Waals surface area contributed by atoms with Crippen LogP contribution in [0.25, 0.3) is 0 Å². The van der Waals surface area contributed by atoms with Crippen LogP contribution >= 0.6 is 15.9 Å². The Kier molecular flexibility index (Phi) is 4.25. The highest BCUT2D eigenvalue weighted by Crippen LogP contribution is 2.52. The molecule has 2 aliphatic rings. The van der Waals surface area contributed by atoms with Crippen molar-refractivity contribution in [3.05, 3.63) is 23.8 Å². The summed E-state index contributed by atoms with van der Waals surface area (Å²) in [5, 5.41) is 0. The predicted molar refractivity (Wildman–Crippen MR) is 84.8 cm³/mol. The maximum atomic E-state index is 5.53. The van der Waals surface area contributed by atoms with Crippen LogP contribution in [0.15, 0.2) is 18.2 Å². The van der Waals surface area contributed by atoms with Crippen LogP contribution in [0.3, 0.4) is 0 Å². The van der Waals surface area contributed by atoms with Crippen molar-refractivity contribution in [3.8, 4) is 11.5 Å². The highest BCUT2D eigenvalue weighted by molar-refractivity contribution is 9.09. The lowest BCUT2D eigenvalue weighted by Gasteiger charge is -2.25. The molecule has 0 heterocycles. The molecule has 4 atom stereocenters. The number of rotatable bonds is 5. The van der Waals surface area contributed by atoms with E-state index in [1.807, 2.05) is 12.1 Å². The monoisotopic (exact) mass is 338 g/mol. The molecule has 0 spiro atoms. The molecule has 0 aliphatic heterocycles. The second kappa shape index (κ2) is 5.97. The van der Waals surface area contributed by atoms with Gasteiger partial charge in [0.1, 0.15) is 11.5 Å². The maximum absolute atomic E-state index is 5.53. The lowest BCUT2D eigenvalue weighted by atomic mass is 9.84. The summed E-state index contributed by atoms with van der Waals surface area (Å²) < 4.78 is 10.8. The van der Waals surface area contributed by atoms with Gasteiger partial charge in [-0.3, -0.25) is 0 Å². The Hall–Kier alpha value is -0.700. The van der Waals surface area contributed by atoms with Crippen molar-refractivity contribution in [3.63, 3.8) is 0 Å². The minimum absolute atomic E-state index is 0.382. The van der Waals surface area contributed by atoms with E-state index in [1.54, 1.807) is 14.2 Å². The summed E-state index contributed by atoms with van der Waals surface area (Å²) in [5.74, 6) is 4.66. The van der Waals surface area contributed by atoms with Crippen LogP contribution in [0.1, 0.15) is 42.5 Å². The van der Waals surface area contributed by atoms with E-state index in [0.29, 0.717) is 4.83 Å². The molecule has 2 saturated carbocycles. The van der Waals surface area contributed by atoms with Gasteiger partial charge in [0.15, 0.2) is 0 Å². The van der Waals surface area contributed by atoms with Crippen LogP contribution in [0, 0.1) is 17.8 Å². The summed E-state index contributed by atoms with van der Waals surface area (Å²) in [5.41, 5.74) is 1.25. The van der Waals surface area contributed by atoms with Gasteiger partial charge in [0.25, 0.3) is 0 Å². The maximum Gasteiger partial charge on any atom is 0.126 e. The van der Waals surface area contributed by atoms with Crippen LogP contribution < -0.4 is 9.47 Å². The highest BCUT2D eigenvalue weighted by atomic mass is 79.9. The molecule has 3 heteroatoms. The second-order valence-electron chi connectivity index (χ2n) is 6.25. The number of alkyl halides is 1. The van der Waals surface area contributed by atoms with Gasteiger partial charge < -0.3 is 9.47 Å². The van der Waals surface area contributed by atoms with Gasteiger partial charge in [-0.25, -0.2) is 0 Å². The van der Waals surface area contributed by atoms with E-state index in [4.69, 9.17) is 9.47 Å². The van der Waals surface area contributed by atoms with Crippen LogP contribution in [0.4, 0.5) is 0 Å². The molecule has 0 amide bonds. The van der Waals surface area contributed by atoms with Crippen molar-refractivity contribution in [2.24, 2.45) is 17.8 Å². The first-order valence-electron chi connectivity index (χ1n) is 7.57. The van der Waals surface area contributed by atoms with Crippen LogP contribution in [0.5, 0.6) is 11.5 Å². The predicted octanol–water partition coefficient (Wildman–Crippen LogP) is 4.97. The number of methoxy groups -OCH3 is 2. The fraction of sp³-hybridized carbons (Fsp3) is 0.647. The molecular weight excluding hydrogens is 316 g/mol. The molecular formula is C17H23BrO2. The quantitative estimate of drug-likeness (QED) is 0.706. The molecule has 20 heavy (non-hydrogen) atoms. The number of halogens is 1. The summed E-state index contributed by atoms with van der Waals surface area (Å²) in [7, 11) is 3.42. The van der Waals surface area contributed by atoms with Crippen LogP contribution in [0.2, 0.25) is 0 Å². The molecule has 0 radical (unpaired) electrons. The van der Waals surface area contributed by atoms with Crippen LogP contribution in [-0.4, -0.2) is 14.2 Å². The van der Waals surface area contributed by atoms with E-state index in [0.717, 1.165) is 29.3 Å². The summed E-state index contributed by atoms with van der Waals surface area (Å²) in [4.78, 5) is 0.382. The first kappa shape index (κ1) is 14.2. The van der Waals surface area contributed by atoms with E-state index in [1.165, 1.54) is 37.7 Å². The first-order chi connectivity index (χ1) is 9.71. The van der Waals surface area contributed by atoms with Crippen molar-refractivity contribution in [1.29, 1.82) is 0 Å². The second-order valence-corrected chi connectivity index (χ2v) is 7.35. The first-order valence-corrected chi connectivity index (χ1v) is 8.48. The largest absolute Gasteiger partial charge is 0.497 e. The number of hydrogen-bond acceptors (Lipinski definition) is 2. The summed E-state index contributed by atoms with van der Waals surface area (Å²) in [6.07, 6.45) is 7.06. The lowest BCUT2D eigenvalue weighted by Crippen LogP contribution is -2.12. The summed E-state index contributed by atoms with van der Waals surface area (Å²) in [6, 6.07) is 6.13. The zero-order valence-electron chi connectivity index (χ0n) is 12.3. The molecule has 2 bridgehead atoms. The Morgan fingerprint density at radius 3 is 2.65 bits per heavy atom. The zero-order valence-corrected chi connectivity index (χ0v) is 13.9. The fourth-order valence-electron chi connectivity index (χ4n) is 4.14. The van der Waals surface area contributed by atoms with Crippen molar-refractivity contribution in [2.75, 3.05) is 14.2 Å². The third-order valence-corrected chi connectivity index (χ3v) is 6.04.